The maximum Gasteiger partial charge on any atom is 0.123 e. The molecule has 3 nitrogen and oxygen atoms in total. The number of benzene rings is 2. The van der Waals surface area contributed by atoms with Crippen LogP contribution in [0.5, 0.6) is 5.75 Å². The average molecular weight is 299 g/mol. The molecule has 0 fully saturated rings. The first-order valence-electron chi connectivity index (χ1n) is 7.82. The normalized spacial score (nSPS) is 13.6. The van der Waals surface area contributed by atoms with Crippen LogP contribution in [0.4, 0.5) is 0 Å². The summed E-state index contributed by atoms with van der Waals surface area (Å²) in [7, 11) is 0. The molecule has 0 aromatic heterocycles. The molecule has 0 aliphatic rings. The van der Waals surface area contributed by atoms with Gasteiger partial charge in [-0.25, -0.2) is 0 Å². The van der Waals surface area contributed by atoms with E-state index in [0.29, 0.717) is 18.6 Å². The van der Waals surface area contributed by atoms with Gasteiger partial charge in [0.15, 0.2) is 0 Å². The number of ether oxygens (including phenoxy) is 1. The van der Waals surface area contributed by atoms with Crippen molar-refractivity contribution >= 4 is 0 Å². The first-order chi connectivity index (χ1) is 10.7. The smallest absolute Gasteiger partial charge is 0.123 e. The number of aliphatic hydroxyl groups excluding tert-OH is 1. The van der Waals surface area contributed by atoms with Crippen LogP contribution in [0, 0.1) is 0 Å². The minimum absolute atomic E-state index is 0.0310. The van der Waals surface area contributed by atoms with Crippen molar-refractivity contribution in [3.63, 3.8) is 0 Å². The Balaban J connectivity index is 1.95. The summed E-state index contributed by atoms with van der Waals surface area (Å²) in [6.45, 7) is 5.55. The van der Waals surface area contributed by atoms with E-state index in [0.717, 1.165) is 17.9 Å². The van der Waals surface area contributed by atoms with E-state index in [-0.39, 0.29) is 6.61 Å². The second kappa shape index (κ2) is 8.57. The van der Waals surface area contributed by atoms with Crippen molar-refractivity contribution in [1.82, 2.24) is 5.32 Å². The Morgan fingerprint density at radius 2 is 1.68 bits per heavy atom. The molecule has 22 heavy (non-hydrogen) atoms. The summed E-state index contributed by atoms with van der Waals surface area (Å²) < 4.78 is 5.57. The lowest BCUT2D eigenvalue weighted by Crippen LogP contribution is -2.30. The summed E-state index contributed by atoms with van der Waals surface area (Å²) in [5.74, 6) is 1.27. The van der Waals surface area contributed by atoms with Gasteiger partial charge in [-0.2, -0.15) is 0 Å². The quantitative estimate of drug-likeness (QED) is 0.785. The molecule has 0 heterocycles. The van der Waals surface area contributed by atoms with Crippen molar-refractivity contribution in [2.45, 2.75) is 32.4 Å². The van der Waals surface area contributed by atoms with Gasteiger partial charge >= 0.3 is 0 Å². The molecule has 118 valence electrons. The Kier molecular flexibility index (Phi) is 6.44. The molecule has 0 saturated heterocycles. The second-order valence-corrected chi connectivity index (χ2v) is 5.55. The lowest BCUT2D eigenvalue weighted by atomic mass is 9.94. The fourth-order valence-corrected chi connectivity index (χ4v) is 2.44. The SMILES string of the molecule is CC(NCc1ccccc1OCCO)C(C)c1ccccc1. The van der Waals surface area contributed by atoms with Crippen molar-refractivity contribution < 1.29 is 9.84 Å². The fourth-order valence-electron chi connectivity index (χ4n) is 2.44. The third-order valence-electron chi connectivity index (χ3n) is 4.01. The number of para-hydroxylation sites is 1. The first kappa shape index (κ1) is 16.5. The van der Waals surface area contributed by atoms with Gasteiger partial charge in [-0.1, -0.05) is 55.5 Å². The molecular formula is C19H25NO2. The molecule has 2 N–H and O–H groups in total. The van der Waals surface area contributed by atoms with E-state index in [1.807, 2.05) is 24.3 Å². The zero-order valence-corrected chi connectivity index (χ0v) is 13.3. The molecule has 0 aliphatic heterocycles. The first-order valence-corrected chi connectivity index (χ1v) is 7.82. The second-order valence-electron chi connectivity index (χ2n) is 5.55. The van der Waals surface area contributed by atoms with Gasteiger partial charge in [-0.15, -0.1) is 0 Å². The van der Waals surface area contributed by atoms with E-state index < -0.39 is 0 Å². The zero-order chi connectivity index (χ0) is 15.8. The molecule has 0 aliphatic carbocycles. The maximum absolute atomic E-state index is 8.89. The van der Waals surface area contributed by atoms with Gasteiger partial charge in [0.25, 0.3) is 0 Å². The van der Waals surface area contributed by atoms with Crippen molar-refractivity contribution in [2.75, 3.05) is 13.2 Å². The molecule has 0 bridgehead atoms. The molecule has 0 radical (unpaired) electrons. The van der Waals surface area contributed by atoms with Crippen LogP contribution in [0.1, 0.15) is 30.9 Å². The van der Waals surface area contributed by atoms with Crippen LogP contribution in [0.2, 0.25) is 0 Å². The molecule has 0 spiro atoms. The maximum atomic E-state index is 8.89. The van der Waals surface area contributed by atoms with Gasteiger partial charge in [-0.3, -0.25) is 0 Å². The highest BCUT2D eigenvalue weighted by Gasteiger charge is 2.14. The van der Waals surface area contributed by atoms with Crippen LogP contribution in [0.25, 0.3) is 0 Å². The van der Waals surface area contributed by atoms with Crippen LogP contribution in [0.3, 0.4) is 0 Å². The van der Waals surface area contributed by atoms with Gasteiger partial charge in [0.2, 0.25) is 0 Å². The highest BCUT2D eigenvalue weighted by Crippen LogP contribution is 2.21. The lowest BCUT2D eigenvalue weighted by Gasteiger charge is -2.22. The predicted molar refractivity (Wildman–Crippen MR) is 90.2 cm³/mol. The van der Waals surface area contributed by atoms with Crippen LogP contribution in [0.15, 0.2) is 54.6 Å². The van der Waals surface area contributed by atoms with Crippen LogP contribution in [-0.2, 0) is 6.54 Å². The minimum atomic E-state index is 0.0310. The summed E-state index contributed by atoms with van der Waals surface area (Å²) in [5, 5.41) is 12.5. The van der Waals surface area contributed by atoms with Gasteiger partial charge in [0.05, 0.1) is 6.61 Å². The molecule has 3 heteroatoms. The van der Waals surface area contributed by atoms with Crippen molar-refractivity contribution in [3.8, 4) is 5.75 Å². The van der Waals surface area contributed by atoms with Crippen LogP contribution >= 0.6 is 0 Å². The molecule has 0 amide bonds. The van der Waals surface area contributed by atoms with E-state index >= 15 is 0 Å². The Morgan fingerprint density at radius 1 is 1.00 bits per heavy atom. The van der Waals surface area contributed by atoms with E-state index in [4.69, 9.17) is 9.84 Å². The number of hydrogen-bond donors (Lipinski definition) is 2. The van der Waals surface area contributed by atoms with Gasteiger partial charge in [0.1, 0.15) is 12.4 Å². The number of hydrogen-bond acceptors (Lipinski definition) is 3. The molecule has 2 aromatic carbocycles. The molecule has 0 saturated carbocycles. The lowest BCUT2D eigenvalue weighted by molar-refractivity contribution is 0.200. The predicted octanol–water partition coefficient (Wildman–Crippen LogP) is 3.34. The topological polar surface area (TPSA) is 41.5 Å². The zero-order valence-electron chi connectivity index (χ0n) is 13.3. The molecular weight excluding hydrogens is 274 g/mol. The van der Waals surface area contributed by atoms with Gasteiger partial charge < -0.3 is 15.2 Å². The largest absolute Gasteiger partial charge is 0.491 e. The highest BCUT2D eigenvalue weighted by molar-refractivity contribution is 5.33. The van der Waals surface area contributed by atoms with Crippen molar-refractivity contribution in [2.24, 2.45) is 0 Å². The Labute approximate surface area is 133 Å². The molecule has 2 rings (SSSR count). The Hall–Kier alpha value is -1.84. The summed E-state index contributed by atoms with van der Waals surface area (Å²) in [4.78, 5) is 0. The summed E-state index contributed by atoms with van der Waals surface area (Å²) in [6, 6.07) is 18.9. The van der Waals surface area contributed by atoms with E-state index in [9.17, 15) is 0 Å². The highest BCUT2D eigenvalue weighted by atomic mass is 16.5. The third-order valence-corrected chi connectivity index (χ3v) is 4.01. The van der Waals surface area contributed by atoms with Crippen molar-refractivity contribution in [1.29, 1.82) is 0 Å². The van der Waals surface area contributed by atoms with E-state index in [1.54, 1.807) is 0 Å². The fraction of sp³-hybridized carbons (Fsp3) is 0.368. The van der Waals surface area contributed by atoms with Crippen LogP contribution in [-0.4, -0.2) is 24.4 Å². The number of nitrogens with one attached hydrogen (secondary N) is 1. The number of aliphatic hydroxyl groups is 1. The monoisotopic (exact) mass is 299 g/mol. The van der Waals surface area contributed by atoms with Gasteiger partial charge in [0, 0.05) is 18.2 Å². The van der Waals surface area contributed by atoms with Crippen LogP contribution < -0.4 is 10.1 Å². The van der Waals surface area contributed by atoms with E-state index in [1.165, 1.54) is 5.56 Å². The summed E-state index contributed by atoms with van der Waals surface area (Å²) >= 11 is 0. The van der Waals surface area contributed by atoms with E-state index in [2.05, 4.69) is 49.5 Å². The molecule has 2 unspecified atom stereocenters. The Bertz CT molecular complexity index is 556. The molecule has 2 aromatic rings. The summed E-state index contributed by atoms with van der Waals surface area (Å²) in [5.41, 5.74) is 2.45. The van der Waals surface area contributed by atoms with Crippen molar-refractivity contribution in [3.05, 3.63) is 65.7 Å². The average Bonchev–Trinajstić information content (AvgIpc) is 2.58. The summed E-state index contributed by atoms with van der Waals surface area (Å²) in [6.07, 6.45) is 0. The minimum Gasteiger partial charge on any atom is -0.491 e. The van der Waals surface area contributed by atoms with Gasteiger partial charge in [-0.05, 0) is 24.5 Å². The Morgan fingerprint density at radius 3 is 2.41 bits per heavy atom. The molecule has 2 atom stereocenters. The standard InChI is InChI=1S/C19H25NO2/c1-15(17-8-4-3-5-9-17)16(2)20-14-18-10-6-7-11-19(18)22-13-12-21/h3-11,15-16,20-21H,12-14H2,1-2H3. The third kappa shape index (κ3) is 4.58. The number of rotatable bonds is 8.